The van der Waals surface area contributed by atoms with Gasteiger partial charge in [-0.25, -0.2) is 4.98 Å². The van der Waals surface area contributed by atoms with Gasteiger partial charge in [-0.2, -0.15) is 0 Å². The van der Waals surface area contributed by atoms with Crippen molar-refractivity contribution < 1.29 is 9.53 Å². The molecule has 2 aromatic heterocycles. The molecule has 1 amide bonds. The third-order valence-electron chi connectivity index (χ3n) is 5.08. The van der Waals surface area contributed by atoms with Gasteiger partial charge >= 0.3 is 0 Å². The van der Waals surface area contributed by atoms with E-state index in [2.05, 4.69) is 46.8 Å². The SMILES string of the molecule is COc1ccc2cc(CN3CCC(=O)NCC3C)c(-c3cccs3)nc2c1. The van der Waals surface area contributed by atoms with Gasteiger partial charge in [0.1, 0.15) is 5.75 Å². The lowest BCUT2D eigenvalue weighted by molar-refractivity contribution is -0.120. The highest BCUT2D eigenvalue weighted by molar-refractivity contribution is 7.13. The maximum atomic E-state index is 11.8. The Morgan fingerprint density at radius 3 is 3.00 bits per heavy atom. The quantitative estimate of drug-likeness (QED) is 0.749. The first-order valence-electron chi connectivity index (χ1n) is 9.16. The van der Waals surface area contributed by atoms with Gasteiger partial charge in [-0.3, -0.25) is 9.69 Å². The summed E-state index contributed by atoms with van der Waals surface area (Å²) in [5.74, 6) is 0.942. The number of ether oxygens (including phenoxy) is 1. The molecule has 140 valence electrons. The number of hydrogen-bond donors (Lipinski definition) is 1. The van der Waals surface area contributed by atoms with Crippen LogP contribution in [0, 0.1) is 0 Å². The van der Waals surface area contributed by atoms with E-state index in [1.807, 2.05) is 12.1 Å². The number of thiophene rings is 1. The van der Waals surface area contributed by atoms with Crippen molar-refractivity contribution in [1.82, 2.24) is 15.2 Å². The number of nitrogens with one attached hydrogen (secondary N) is 1. The molecule has 5 nitrogen and oxygen atoms in total. The molecule has 1 saturated heterocycles. The molecule has 0 saturated carbocycles. The number of benzene rings is 1. The largest absolute Gasteiger partial charge is 0.497 e. The van der Waals surface area contributed by atoms with Crippen LogP contribution >= 0.6 is 11.3 Å². The van der Waals surface area contributed by atoms with E-state index in [-0.39, 0.29) is 5.91 Å². The number of carbonyl (C=O) groups excluding carboxylic acids is 1. The number of methoxy groups -OCH3 is 1. The molecule has 27 heavy (non-hydrogen) atoms. The number of pyridine rings is 1. The summed E-state index contributed by atoms with van der Waals surface area (Å²) < 4.78 is 5.36. The number of nitrogens with zero attached hydrogens (tertiary/aromatic N) is 2. The topological polar surface area (TPSA) is 54.5 Å². The lowest BCUT2D eigenvalue weighted by Crippen LogP contribution is -2.37. The molecule has 1 aliphatic rings. The van der Waals surface area contributed by atoms with Crippen LogP contribution in [0.15, 0.2) is 41.8 Å². The molecule has 0 bridgehead atoms. The first kappa shape index (κ1) is 17.9. The summed E-state index contributed by atoms with van der Waals surface area (Å²) >= 11 is 1.70. The van der Waals surface area contributed by atoms with Crippen LogP contribution in [0.4, 0.5) is 0 Å². The zero-order valence-corrected chi connectivity index (χ0v) is 16.4. The van der Waals surface area contributed by atoms with Crippen LogP contribution in [0.1, 0.15) is 18.9 Å². The average molecular weight is 382 g/mol. The number of hydrogen-bond acceptors (Lipinski definition) is 5. The van der Waals surface area contributed by atoms with Crippen molar-refractivity contribution >= 4 is 28.1 Å². The second-order valence-corrected chi connectivity index (χ2v) is 7.85. The molecule has 1 fully saturated rings. The fourth-order valence-electron chi connectivity index (χ4n) is 3.46. The summed E-state index contributed by atoms with van der Waals surface area (Å²) in [7, 11) is 1.67. The zero-order chi connectivity index (χ0) is 18.8. The molecular formula is C21H23N3O2S. The van der Waals surface area contributed by atoms with Gasteiger partial charge in [0.2, 0.25) is 5.91 Å². The fourth-order valence-corrected chi connectivity index (χ4v) is 4.21. The van der Waals surface area contributed by atoms with E-state index < -0.39 is 0 Å². The molecule has 0 radical (unpaired) electrons. The second-order valence-electron chi connectivity index (χ2n) is 6.91. The third kappa shape index (κ3) is 3.82. The van der Waals surface area contributed by atoms with E-state index >= 15 is 0 Å². The molecule has 1 N–H and O–H groups in total. The Balaban J connectivity index is 1.76. The minimum Gasteiger partial charge on any atom is -0.497 e. The van der Waals surface area contributed by atoms with Crippen molar-refractivity contribution in [2.45, 2.75) is 25.9 Å². The maximum Gasteiger partial charge on any atom is 0.221 e. The molecule has 1 unspecified atom stereocenters. The highest BCUT2D eigenvalue weighted by Crippen LogP contribution is 2.31. The van der Waals surface area contributed by atoms with Crippen LogP contribution in [-0.4, -0.2) is 42.0 Å². The van der Waals surface area contributed by atoms with Crippen molar-refractivity contribution in [3.05, 3.63) is 47.3 Å². The average Bonchev–Trinajstić information content (AvgIpc) is 3.17. The van der Waals surface area contributed by atoms with Gasteiger partial charge in [0.15, 0.2) is 0 Å². The Kier molecular flexibility index (Phi) is 5.09. The van der Waals surface area contributed by atoms with Crippen LogP contribution in [0.5, 0.6) is 5.75 Å². The van der Waals surface area contributed by atoms with Crippen LogP contribution in [0.3, 0.4) is 0 Å². The number of aromatic nitrogens is 1. The van der Waals surface area contributed by atoms with Gasteiger partial charge < -0.3 is 10.1 Å². The fraction of sp³-hybridized carbons (Fsp3) is 0.333. The molecule has 4 rings (SSSR count). The van der Waals surface area contributed by atoms with Gasteiger partial charge in [-0.1, -0.05) is 6.07 Å². The Hall–Kier alpha value is -2.44. The Bertz CT molecular complexity index is 955. The zero-order valence-electron chi connectivity index (χ0n) is 15.6. The van der Waals surface area contributed by atoms with Gasteiger partial charge in [0.05, 0.1) is 23.2 Å². The van der Waals surface area contributed by atoms with E-state index in [9.17, 15) is 4.79 Å². The number of fused-ring (bicyclic) bond motifs is 1. The predicted octanol–water partition coefficient (Wildman–Crippen LogP) is 3.68. The normalized spacial score (nSPS) is 18.3. The van der Waals surface area contributed by atoms with E-state index in [1.165, 1.54) is 5.56 Å². The van der Waals surface area contributed by atoms with Crippen molar-refractivity contribution in [2.75, 3.05) is 20.2 Å². The Labute approximate surface area is 163 Å². The van der Waals surface area contributed by atoms with Crippen molar-refractivity contribution in [3.8, 4) is 16.3 Å². The van der Waals surface area contributed by atoms with Crippen molar-refractivity contribution in [1.29, 1.82) is 0 Å². The minimum absolute atomic E-state index is 0.131. The van der Waals surface area contributed by atoms with Gasteiger partial charge in [0.25, 0.3) is 0 Å². The molecule has 1 atom stereocenters. The van der Waals surface area contributed by atoms with Gasteiger partial charge in [-0.15, -0.1) is 11.3 Å². The summed E-state index contributed by atoms with van der Waals surface area (Å²) in [4.78, 5) is 20.3. The number of amides is 1. The molecule has 1 aromatic carbocycles. The minimum atomic E-state index is 0.131. The van der Waals surface area contributed by atoms with Crippen molar-refractivity contribution in [3.63, 3.8) is 0 Å². The number of carbonyl (C=O) groups is 1. The second kappa shape index (κ2) is 7.66. The number of rotatable bonds is 4. The summed E-state index contributed by atoms with van der Waals surface area (Å²) in [6.45, 7) is 4.39. The molecule has 6 heteroatoms. The first-order valence-corrected chi connectivity index (χ1v) is 10.0. The molecule has 1 aliphatic heterocycles. The summed E-state index contributed by atoms with van der Waals surface area (Å²) in [5.41, 5.74) is 3.14. The van der Waals surface area contributed by atoms with E-state index in [0.29, 0.717) is 19.0 Å². The Morgan fingerprint density at radius 1 is 1.33 bits per heavy atom. The van der Waals surface area contributed by atoms with E-state index in [4.69, 9.17) is 9.72 Å². The predicted molar refractivity (Wildman–Crippen MR) is 109 cm³/mol. The molecule has 3 heterocycles. The summed E-state index contributed by atoms with van der Waals surface area (Å²) in [5, 5.41) is 6.16. The van der Waals surface area contributed by atoms with Gasteiger partial charge in [0, 0.05) is 43.5 Å². The van der Waals surface area contributed by atoms with Crippen molar-refractivity contribution in [2.24, 2.45) is 0 Å². The smallest absolute Gasteiger partial charge is 0.221 e. The first-order chi connectivity index (χ1) is 13.1. The highest BCUT2D eigenvalue weighted by atomic mass is 32.1. The maximum absolute atomic E-state index is 11.8. The van der Waals surface area contributed by atoms with Crippen LogP contribution in [0.25, 0.3) is 21.5 Å². The summed E-state index contributed by atoms with van der Waals surface area (Å²) in [6.07, 6.45) is 0.539. The van der Waals surface area contributed by atoms with E-state index in [1.54, 1.807) is 18.4 Å². The third-order valence-corrected chi connectivity index (χ3v) is 5.95. The highest BCUT2D eigenvalue weighted by Gasteiger charge is 2.22. The molecular weight excluding hydrogens is 358 g/mol. The van der Waals surface area contributed by atoms with Crippen LogP contribution in [-0.2, 0) is 11.3 Å². The molecule has 0 aliphatic carbocycles. The molecule has 0 spiro atoms. The van der Waals surface area contributed by atoms with E-state index in [0.717, 1.165) is 40.3 Å². The Morgan fingerprint density at radius 2 is 2.22 bits per heavy atom. The lowest BCUT2D eigenvalue weighted by Gasteiger charge is -2.27. The van der Waals surface area contributed by atoms with Crippen LogP contribution in [0.2, 0.25) is 0 Å². The lowest BCUT2D eigenvalue weighted by atomic mass is 10.1. The monoisotopic (exact) mass is 381 g/mol. The van der Waals surface area contributed by atoms with Gasteiger partial charge in [-0.05, 0) is 42.1 Å². The van der Waals surface area contributed by atoms with Crippen LogP contribution < -0.4 is 10.1 Å². The standard InChI is InChI=1S/C21H23N3O2S/c1-14-12-22-20(25)7-8-24(14)13-16-10-15-5-6-17(26-2)11-18(15)23-21(16)19-4-3-9-27-19/h3-6,9-11,14H,7-8,12-13H2,1-2H3,(H,22,25). The summed E-state index contributed by atoms with van der Waals surface area (Å²) in [6, 6.07) is 12.7. The molecule has 3 aromatic rings.